The van der Waals surface area contributed by atoms with Crippen LogP contribution in [0.2, 0.25) is 0 Å². The van der Waals surface area contributed by atoms with Gasteiger partial charge in [0, 0.05) is 36.7 Å². The van der Waals surface area contributed by atoms with E-state index in [0.29, 0.717) is 5.92 Å². The van der Waals surface area contributed by atoms with Crippen molar-refractivity contribution in [3.63, 3.8) is 0 Å². The van der Waals surface area contributed by atoms with Gasteiger partial charge in [-0.2, -0.15) is 5.10 Å². The Morgan fingerprint density at radius 3 is 2.96 bits per heavy atom. The van der Waals surface area contributed by atoms with E-state index < -0.39 is 0 Å². The molecule has 4 heteroatoms. The number of nitrogens with zero attached hydrogens (tertiary/aromatic N) is 2. The maximum atomic E-state index is 5.65. The van der Waals surface area contributed by atoms with Gasteiger partial charge in [0.05, 0.1) is 12.8 Å². The number of ether oxygens (including phenoxy) is 1. The minimum Gasteiger partial charge on any atom is -0.493 e. The number of H-pyrrole nitrogens is 1. The van der Waals surface area contributed by atoms with E-state index in [9.17, 15) is 0 Å². The Morgan fingerprint density at radius 2 is 2.07 bits per heavy atom. The average Bonchev–Trinajstić information content (AvgIpc) is 3.38. The van der Waals surface area contributed by atoms with Gasteiger partial charge < -0.3 is 4.74 Å². The van der Waals surface area contributed by atoms with E-state index in [2.05, 4.69) is 64.5 Å². The lowest BCUT2D eigenvalue weighted by Crippen LogP contribution is -2.34. The number of aryl methyl sites for hydroxylation is 1. The lowest BCUT2D eigenvalue weighted by Gasteiger charge is -2.32. The van der Waals surface area contributed by atoms with Crippen molar-refractivity contribution >= 4 is 0 Å². The van der Waals surface area contributed by atoms with Gasteiger partial charge in [-0.25, -0.2) is 0 Å². The molecule has 2 aliphatic rings. The molecule has 5 rings (SSSR count). The van der Waals surface area contributed by atoms with Gasteiger partial charge >= 0.3 is 0 Å². The summed E-state index contributed by atoms with van der Waals surface area (Å²) in [5.41, 5.74) is 7.84. The molecule has 1 fully saturated rings. The van der Waals surface area contributed by atoms with Gasteiger partial charge in [0.15, 0.2) is 0 Å². The number of aromatic nitrogens is 2. The summed E-state index contributed by atoms with van der Waals surface area (Å²) in [5.74, 6) is 1.57. The standard InChI is InChI=1S/C24H27N3O/c1-17-4-7-19(8-5-17)22-14-25-26-24(22)21-3-2-11-27(16-21)15-18-6-9-23-20(13-18)10-12-28-23/h4-9,13-14,21H,2-3,10-12,15-16H2,1H3,(H,25,26). The summed E-state index contributed by atoms with van der Waals surface area (Å²) in [6.07, 6.45) is 5.47. The highest BCUT2D eigenvalue weighted by molar-refractivity contribution is 5.66. The molecule has 2 aromatic carbocycles. The predicted molar refractivity (Wildman–Crippen MR) is 112 cm³/mol. The molecule has 0 saturated carbocycles. The third kappa shape index (κ3) is 3.45. The molecule has 0 spiro atoms. The smallest absolute Gasteiger partial charge is 0.122 e. The molecular formula is C24H27N3O. The summed E-state index contributed by atoms with van der Waals surface area (Å²) in [4.78, 5) is 2.59. The zero-order valence-corrected chi connectivity index (χ0v) is 16.4. The molecular weight excluding hydrogens is 346 g/mol. The maximum absolute atomic E-state index is 5.65. The Morgan fingerprint density at radius 1 is 1.18 bits per heavy atom. The molecule has 0 aliphatic carbocycles. The first kappa shape index (κ1) is 17.5. The quantitative estimate of drug-likeness (QED) is 0.721. The van der Waals surface area contributed by atoms with Gasteiger partial charge in [-0.3, -0.25) is 10.00 Å². The van der Waals surface area contributed by atoms with Crippen LogP contribution < -0.4 is 4.74 Å². The van der Waals surface area contributed by atoms with Crippen molar-refractivity contribution in [2.24, 2.45) is 0 Å². The lowest BCUT2D eigenvalue weighted by molar-refractivity contribution is 0.198. The highest BCUT2D eigenvalue weighted by Crippen LogP contribution is 2.34. The number of nitrogens with one attached hydrogen (secondary N) is 1. The van der Waals surface area contributed by atoms with Gasteiger partial charge in [0.1, 0.15) is 5.75 Å². The van der Waals surface area contributed by atoms with Crippen molar-refractivity contribution in [3.05, 3.63) is 71.0 Å². The van der Waals surface area contributed by atoms with E-state index in [1.165, 1.54) is 46.4 Å². The van der Waals surface area contributed by atoms with Crippen LogP contribution in [0, 0.1) is 6.92 Å². The number of benzene rings is 2. The predicted octanol–water partition coefficient (Wildman–Crippen LogP) is 4.70. The number of piperidine rings is 1. The number of likely N-dealkylation sites (tertiary alicyclic amines) is 1. The summed E-state index contributed by atoms with van der Waals surface area (Å²) in [6.45, 7) is 6.21. The number of hydrogen-bond donors (Lipinski definition) is 1. The molecule has 0 bridgehead atoms. The second-order valence-corrected chi connectivity index (χ2v) is 8.18. The third-order valence-corrected chi connectivity index (χ3v) is 6.11. The van der Waals surface area contributed by atoms with Crippen molar-refractivity contribution in [1.29, 1.82) is 0 Å². The fourth-order valence-electron chi connectivity index (χ4n) is 4.60. The Balaban J connectivity index is 1.32. The summed E-state index contributed by atoms with van der Waals surface area (Å²) < 4.78 is 5.65. The second-order valence-electron chi connectivity index (χ2n) is 8.18. The highest BCUT2D eigenvalue weighted by Gasteiger charge is 2.25. The van der Waals surface area contributed by atoms with Gasteiger partial charge in [-0.05, 0) is 49.1 Å². The monoisotopic (exact) mass is 373 g/mol. The van der Waals surface area contributed by atoms with Crippen LogP contribution in [0.3, 0.4) is 0 Å². The molecule has 3 aromatic rings. The number of aromatic amines is 1. The Labute approximate surface area is 166 Å². The molecule has 4 nitrogen and oxygen atoms in total. The topological polar surface area (TPSA) is 41.2 Å². The van der Waals surface area contributed by atoms with Crippen LogP contribution >= 0.6 is 0 Å². The first-order chi connectivity index (χ1) is 13.8. The van der Waals surface area contributed by atoms with Crippen LogP contribution in [-0.2, 0) is 13.0 Å². The maximum Gasteiger partial charge on any atom is 0.122 e. The van der Waals surface area contributed by atoms with E-state index in [0.717, 1.165) is 38.4 Å². The van der Waals surface area contributed by atoms with Gasteiger partial charge in [-0.15, -0.1) is 0 Å². The Bertz CT molecular complexity index is 960. The number of rotatable bonds is 4. The zero-order valence-electron chi connectivity index (χ0n) is 16.4. The van der Waals surface area contributed by atoms with Gasteiger partial charge in [0.25, 0.3) is 0 Å². The van der Waals surface area contributed by atoms with Crippen LogP contribution in [-0.4, -0.2) is 34.8 Å². The fraction of sp³-hybridized carbons (Fsp3) is 0.375. The van der Waals surface area contributed by atoms with E-state index in [1.54, 1.807) is 0 Å². The molecule has 2 aliphatic heterocycles. The molecule has 0 radical (unpaired) electrons. The summed E-state index contributed by atoms with van der Waals surface area (Å²) in [6, 6.07) is 15.5. The minimum absolute atomic E-state index is 0.505. The second kappa shape index (κ2) is 7.44. The molecule has 1 N–H and O–H groups in total. The Kier molecular flexibility index (Phi) is 4.65. The van der Waals surface area contributed by atoms with E-state index in [-0.39, 0.29) is 0 Å². The Hall–Kier alpha value is -2.59. The fourth-order valence-corrected chi connectivity index (χ4v) is 4.60. The van der Waals surface area contributed by atoms with Crippen molar-refractivity contribution in [2.75, 3.05) is 19.7 Å². The highest BCUT2D eigenvalue weighted by atomic mass is 16.5. The number of hydrogen-bond acceptors (Lipinski definition) is 3. The van der Waals surface area contributed by atoms with Crippen molar-refractivity contribution < 1.29 is 4.74 Å². The molecule has 144 valence electrons. The first-order valence-electron chi connectivity index (χ1n) is 10.3. The van der Waals surface area contributed by atoms with Crippen LogP contribution in [0.4, 0.5) is 0 Å². The molecule has 1 unspecified atom stereocenters. The molecule has 3 heterocycles. The van der Waals surface area contributed by atoms with E-state index in [4.69, 9.17) is 4.74 Å². The van der Waals surface area contributed by atoms with E-state index >= 15 is 0 Å². The average molecular weight is 374 g/mol. The molecule has 0 amide bonds. The first-order valence-corrected chi connectivity index (χ1v) is 10.3. The van der Waals surface area contributed by atoms with Crippen molar-refractivity contribution in [1.82, 2.24) is 15.1 Å². The summed E-state index contributed by atoms with van der Waals surface area (Å²) in [5, 5.41) is 7.70. The van der Waals surface area contributed by atoms with Gasteiger partial charge in [0.2, 0.25) is 0 Å². The number of fused-ring (bicyclic) bond motifs is 1. The van der Waals surface area contributed by atoms with Crippen LogP contribution in [0.1, 0.15) is 41.1 Å². The van der Waals surface area contributed by atoms with Crippen molar-refractivity contribution in [2.45, 2.75) is 38.6 Å². The lowest BCUT2D eigenvalue weighted by atomic mass is 9.90. The largest absolute Gasteiger partial charge is 0.493 e. The normalized spacial score (nSPS) is 19.4. The SMILES string of the molecule is Cc1ccc(-c2cn[nH]c2C2CCCN(Cc3ccc4c(c3)CCO4)C2)cc1. The molecule has 1 saturated heterocycles. The van der Waals surface area contributed by atoms with Gasteiger partial charge in [-0.1, -0.05) is 42.0 Å². The van der Waals surface area contributed by atoms with E-state index in [1.807, 2.05) is 6.20 Å². The summed E-state index contributed by atoms with van der Waals surface area (Å²) in [7, 11) is 0. The molecule has 1 atom stereocenters. The molecule has 28 heavy (non-hydrogen) atoms. The zero-order chi connectivity index (χ0) is 18.9. The van der Waals surface area contributed by atoms with Crippen LogP contribution in [0.15, 0.2) is 48.7 Å². The minimum atomic E-state index is 0.505. The third-order valence-electron chi connectivity index (χ3n) is 6.11. The summed E-state index contributed by atoms with van der Waals surface area (Å²) >= 11 is 0. The van der Waals surface area contributed by atoms with Crippen molar-refractivity contribution in [3.8, 4) is 16.9 Å². The van der Waals surface area contributed by atoms with Crippen LogP contribution in [0.5, 0.6) is 5.75 Å². The van der Waals surface area contributed by atoms with Crippen LogP contribution in [0.25, 0.3) is 11.1 Å². The molecule has 1 aromatic heterocycles.